The lowest BCUT2D eigenvalue weighted by Gasteiger charge is -2.31. The molecule has 1 fully saturated rings. The molecule has 0 radical (unpaired) electrons. The van der Waals surface area contributed by atoms with Crippen molar-refractivity contribution in [1.82, 2.24) is 4.31 Å². The Bertz CT molecular complexity index is 798. The molecule has 0 aliphatic carbocycles. The van der Waals surface area contributed by atoms with Crippen molar-refractivity contribution in [3.05, 3.63) is 65.5 Å². The van der Waals surface area contributed by atoms with Crippen LogP contribution in [0.3, 0.4) is 0 Å². The first kappa shape index (κ1) is 17.1. The van der Waals surface area contributed by atoms with Gasteiger partial charge < -0.3 is 4.90 Å². The summed E-state index contributed by atoms with van der Waals surface area (Å²) >= 11 is 0. The van der Waals surface area contributed by atoms with Gasteiger partial charge in [0.25, 0.3) is 0 Å². The Labute approximate surface area is 142 Å². The molecule has 1 N–H and O–H groups in total. The molecule has 1 aliphatic heterocycles. The van der Waals surface area contributed by atoms with E-state index in [0.717, 1.165) is 19.6 Å². The third-order valence-electron chi connectivity index (χ3n) is 4.58. The van der Waals surface area contributed by atoms with Crippen LogP contribution in [0.5, 0.6) is 0 Å². The lowest BCUT2D eigenvalue weighted by molar-refractivity contribution is -0.917. The molecule has 0 atom stereocenters. The van der Waals surface area contributed by atoms with E-state index in [1.54, 1.807) is 0 Å². The number of benzene rings is 2. The highest BCUT2D eigenvalue weighted by Crippen LogP contribution is 2.16. The predicted octanol–water partition coefficient (Wildman–Crippen LogP) is 1.22. The van der Waals surface area contributed by atoms with E-state index < -0.39 is 15.8 Å². The summed E-state index contributed by atoms with van der Waals surface area (Å²) < 4.78 is 39.7. The first-order valence-electron chi connectivity index (χ1n) is 8.10. The fourth-order valence-corrected chi connectivity index (χ4v) is 4.49. The molecule has 1 saturated heterocycles. The number of aryl methyl sites for hydroxylation is 1. The Kier molecular flexibility index (Phi) is 4.99. The molecule has 0 bridgehead atoms. The molecule has 0 spiro atoms. The van der Waals surface area contributed by atoms with Crippen LogP contribution in [0.25, 0.3) is 0 Å². The highest BCUT2D eigenvalue weighted by Gasteiger charge is 2.30. The molecule has 0 unspecified atom stereocenters. The number of rotatable bonds is 4. The number of halogens is 1. The largest absolute Gasteiger partial charge is 0.329 e. The van der Waals surface area contributed by atoms with E-state index in [9.17, 15) is 12.8 Å². The molecule has 2 aromatic rings. The normalized spacial score (nSPS) is 17.1. The fourth-order valence-electron chi connectivity index (χ4n) is 3.05. The van der Waals surface area contributed by atoms with Crippen molar-refractivity contribution in [2.45, 2.75) is 18.4 Å². The summed E-state index contributed by atoms with van der Waals surface area (Å²) in [5.74, 6) is -0.429. The summed E-state index contributed by atoms with van der Waals surface area (Å²) in [5, 5.41) is 0. The van der Waals surface area contributed by atoms with Gasteiger partial charge in [-0.3, -0.25) is 0 Å². The van der Waals surface area contributed by atoms with Gasteiger partial charge in [-0.05, 0) is 36.8 Å². The number of hydrogen-bond donors (Lipinski definition) is 1. The number of hydrogen-bond acceptors (Lipinski definition) is 2. The van der Waals surface area contributed by atoms with Crippen LogP contribution in [0.4, 0.5) is 4.39 Å². The number of nitrogens with zero attached hydrogens (tertiary/aromatic N) is 1. The minimum absolute atomic E-state index is 0.159. The van der Waals surface area contributed by atoms with Gasteiger partial charge in [-0.15, -0.1) is 0 Å². The maximum Gasteiger partial charge on any atom is 0.243 e. The van der Waals surface area contributed by atoms with Gasteiger partial charge in [0.2, 0.25) is 10.0 Å². The van der Waals surface area contributed by atoms with E-state index in [1.165, 1.54) is 44.6 Å². The van der Waals surface area contributed by atoms with Crippen LogP contribution in [-0.4, -0.2) is 38.9 Å². The van der Waals surface area contributed by atoms with Gasteiger partial charge in [0.15, 0.2) is 0 Å². The van der Waals surface area contributed by atoms with E-state index >= 15 is 0 Å². The van der Waals surface area contributed by atoms with Gasteiger partial charge in [0.05, 0.1) is 31.1 Å². The summed E-state index contributed by atoms with van der Waals surface area (Å²) in [6.45, 7) is 5.53. The van der Waals surface area contributed by atoms with Crippen molar-refractivity contribution in [3.63, 3.8) is 0 Å². The zero-order valence-electron chi connectivity index (χ0n) is 13.7. The molecule has 3 rings (SSSR count). The molecule has 1 aliphatic rings. The maximum atomic E-state index is 13.0. The number of nitrogens with one attached hydrogen (secondary N) is 1. The number of quaternary nitrogens is 1. The van der Waals surface area contributed by atoms with Gasteiger partial charge in [-0.25, -0.2) is 12.8 Å². The molecule has 0 amide bonds. The summed E-state index contributed by atoms with van der Waals surface area (Å²) in [7, 11) is -3.53. The van der Waals surface area contributed by atoms with Gasteiger partial charge in [-0.1, -0.05) is 24.3 Å². The fraction of sp³-hybridized carbons (Fsp3) is 0.333. The summed E-state index contributed by atoms with van der Waals surface area (Å²) in [6.07, 6.45) is 0. The second kappa shape index (κ2) is 7.01. The van der Waals surface area contributed by atoms with Crippen LogP contribution in [0, 0.1) is 12.7 Å². The Morgan fingerprint density at radius 1 is 1.04 bits per heavy atom. The molecular weight excluding hydrogens is 327 g/mol. The molecule has 4 nitrogen and oxygen atoms in total. The second-order valence-electron chi connectivity index (χ2n) is 6.21. The summed E-state index contributed by atoms with van der Waals surface area (Å²) in [5.41, 5.74) is 2.58. The second-order valence-corrected chi connectivity index (χ2v) is 8.15. The van der Waals surface area contributed by atoms with Crippen LogP contribution >= 0.6 is 0 Å². The Hall–Kier alpha value is -1.76. The molecule has 0 saturated carbocycles. The van der Waals surface area contributed by atoms with Crippen molar-refractivity contribution in [1.29, 1.82) is 0 Å². The van der Waals surface area contributed by atoms with Crippen LogP contribution in [0.2, 0.25) is 0 Å². The Morgan fingerprint density at radius 2 is 1.67 bits per heavy atom. The summed E-state index contributed by atoms with van der Waals surface area (Å²) in [6, 6.07) is 13.3. The minimum atomic E-state index is -3.53. The van der Waals surface area contributed by atoms with Gasteiger partial charge in [0.1, 0.15) is 12.4 Å². The lowest BCUT2D eigenvalue weighted by Crippen LogP contribution is -3.13. The van der Waals surface area contributed by atoms with E-state index in [1.807, 2.05) is 12.1 Å². The number of sulfonamides is 1. The van der Waals surface area contributed by atoms with Crippen molar-refractivity contribution >= 4 is 10.0 Å². The maximum absolute atomic E-state index is 13.0. The summed E-state index contributed by atoms with van der Waals surface area (Å²) in [4.78, 5) is 1.54. The van der Waals surface area contributed by atoms with Crippen molar-refractivity contribution in [2.75, 3.05) is 26.2 Å². The van der Waals surface area contributed by atoms with Gasteiger partial charge in [0, 0.05) is 5.56 Å². The van der Waals surface area contributed by atoms with Gasteiger partial charge >= 0.3 is 0 Å². The predicted molar refractivity (Wildman–Crippen MR) is 90.7 cm³/mol. The monoisotopic (exact) mass is 349 g/mol. The SMILES string of the molecule is Cc1ccccc1C[NH+]1CCN(S(=O)(=O)c2ccc(F)cc2)CC1. The van der Waals surface area contributed by atoms with Crippen LogP contribution < -0.4 is 4.90 Å². The number of piperazine rings is 1. The average Bonchev–Trinajstić information content (AvgIpc) is 2.58. The standard InChI is InChI=1S/C18H21FN2O2S/c1-15-4-2-3-5-16(15)14-20-10-12-21(13-11-20)24(22,23)18-8-6-17(19)7-9-18/h2-9H,10-14H2,1H3/p+1. The van der Waals surface area contributed by atoms with Gasteiger partial charge in [-0.2, -0.15) is 4.31 Å². The van der Waals surface area contributed by atoms with Crippen LogP contribution in [0.1, 0.15) is 11.1 Å². The molecule has 6 heteroatoms. The topological polar surface area (TPSA) is 41.8 Å². The lowest BCUT2D eigenvalue weighted by atomic mass is 10.1. The van der Waals surface area contributed by atoms with E-state index in [4.69, 9.17) is 0 Å². The molecule has 0 aromatic heterocycles. The van der Waals surface area contributed by atoms with Crippen molar-refractivity contribution < 1.29 is 17.7 Å². The highest BCUT2D eigenvalue weighted by molar-refractivity contribution is 7.89. The molecule has 1 heterocycles. The van der Waals surface area contributed by atoms with Crippen LogP contribution in [-0.2, 0) is 16.6 Å². The van der Waals surface area contributed by atoms with Crippen molar-refractivity contribution in [3.8, 4) is 0 Å². The van der Waals surface area contributed by atoms with E-state index in [2.05, 4.69) is 19.1 Å². The zero-order valence-corrected chi connectivity index (χ0v) is 14.5. The smallest absolute Gasteiger partial charge is 0.243 e. The molecule has 128 valence electrons. The van der Waals surface area contributed by atoms with Crippen molar-refractivity contribution in [2.24, 2.45) is 0 Å². The third-order valence-corrected chi connectivity index (χ3v) is 6.50. The Balaban J connectivity index is 1.64. The molecular formula is C18H22FN2O2S+. The van der Waals surface area contributed by atoms with Crippen LogP contribution in [0.15, 0.2) is 53.4 Å². The first-order chi connectivity index (χ1) is 11.5. The molecule has 24 heavy (non-hydrogen) atoms. The highest BCUT2D eigenvalue weighted by atomic mass is 32.2. The van der Waals surface area contributed by atoms with E-state index in [0.29, 0.717) is 13.1 Å². The zero-order chi connectivity index (χ0) is 17.2. The quantitative estimate of drug-likeness (QED) is 0.902. The average molecular weight is 349 g/mol. The third kappa shape index (κ3) is 3.66. The Morgan fingerprint density at radius 3 is 2.29 bits per heavy atom. The molecule has 2 aromatic carbocycles. The first-order valence-corrected chi connectivity index (χ1v) is 9.54. The minimum Gasteiger partial charge on any atom is -0.329 e. The van der Waals surface area contributed by atoms with E-state index in [-0.39, 0.29) is 4.90 Å².